The third-order valence-electron chi connectivity index (χ3n) is 2.67. The minimum Gasteiger partial charge on any atom is -0.461 e. The van der Waals surface area contributed by atoms with Crippen LogP contribution in [0.1, 0.15) is 18.1 Å². The third kappa shape index (κ3) is 2.18. The second-order valence-corrected chi connectivity index (χ2v) is 4.02. The predicted octanol–water partition coefficient (Wildman–Crippen LogP) is 1.04. The van der Waals surface area contributed by atoms with Crippen LogP contribution in [0.15, 0.2) is 24.3 Å². The zero-order valence-electron chi connectivity index (χ0n) is 8.77. The van der Waals surface area contributed by atoms with Crippen LogP contribution in [0.4, 0.5) is 0 Å². The van der Waals surface area contributed by atoms with Crippen LogP contribution in [0.3, 0.4) is 0 Å². The van der Waals surface area contributed by atoms with E-state index in [1.54, 1.807) is 6.92 Å². The number of benzene rings is 1. The van der Waals surface area contributed by atoms with Crippen LogP contribution in [0.5, 0.6) is 0 Å². The highest BCUT2D eigenvalue weighted by atomic mass is 16.5. The van der Waals surface area contributed by atoms with Crippen molar-refractivity contribution in [2.45, 2.75) is 31.9 Å². The Morgan fingerprint density at radius 2 is 1.93 bits per heavy atom. The smallest absolute Gasteiger partial charge is 0.322 e. The van der Waals surface area contributed by atoms with E-state index in [2.05, 4.69) is 12.1 Å². The summed E-state index contributed by atoms with van der Waals surface area (Å²) in [4.78, 5) is 11.3. The zero-order valence-corrected chi connectivity index (χ0v) is 8.77. The molecule has 0 saturated carbocycles. The molecule has 0 bridgehead atoms. The summed E-state index contributed by atoms with van der Waals surface area (Å²) in [6, 6.07) is 7.64. The molecule has 2 N–H and O–H groups in total. The topological polar surface area (TPSA) is 52.3 Å². The van der Waals surface area contributed by atoms with Gasteiger partial charge >= 0.3 is 5.97 Å². The molecule has 0 amide bonds. The van der Waals surface area contributed by atoms with Gasteiger partial charge in [0, 0.05) is 12.8 Å². The maximum absolute atomic E-state index is 11.3. The molecule has 1 atom stereocenters. The lowest BCUT2D eigenvalue weighted by Crippen LogP contribution is -2.32. The fraction of sp³-hybridized carbons (Fsp3) is 0.417. The molecule has 0 saturated heterocycles. The molecule has 3 nitrogen and oxygen atoms in total. The maximum atomic E-state index is 11.3. The summed E-state index contributed by atoms with van der Waals surface area (Å²) in [6.45, 7) is 1.64. The number of carbonyl (C=O) groups excluding carboxylic acids is 1. The number of fused-ring (bicyclic) bond motifs is 1. The molecule has 1 aromatic carbocycles. The van der Waals surface area contributed by atoms with Crippen LogP contribution < -0.4 is 5.73 Å². The Labute approximate surface area is 89.2 Å². The van der Waals surface area contributed by atoms with Gasteiger partial charge in [0.25, 0.3) is 0 Å². The largest absolute Gasteiger partial charge is 0.461 e. The first-order chi connectivity index (χ1) is 7.16. The Kier molecular flexibility index (Phi) is 2.73. The van der Waals surface area contributed by atoms with Gasteiger partial charge in [-0.2, -0.15) is 0 Å². The minimum absolute atomic E-state index is 0.0269. The molecule has 0 fully saturated rings. The average Bonchev–Trinajstić information content (AvgIpc) is 2.59. The van der Waals surface area contributed by atoms with Crippen molar-refractivity contribution < 1.29 is 9.53 Å². The molecule has 0 aliphatic heterocycles. The van der Waals surface area contributed by atoms with E-state index in [9.17, 15) is 4.79 Å². The van der Waals surface area contributed by atoms with Crippen LogP contribution in [-0.2, 0) is 22.4 Å². The molecule has 0 heterocycles. The molecule has 0 unspecified atom stereocenters. The molecule has 0 aromatic heterocycles. The predicted molar refractivity (Wildman–Crippen MR) is 57.4 cm³/mol. The number of nitrogens with two attached hydrogens (primary N) is 1. The number of carbonyl (C=O) groups is 1. The molecular weight excluding hydrogens is 190 g/mol. The van der Waals surface area contributed by atoms with E-state index in [-0.39, 0.29) is 12.1 Å². The number of esters is 1. The Balaban J connectivity index is 1.99. The maximum Gasteiger partial charge on any atom is 0.322 e. The van der Waals surface area contributed by atoms with Gasteiger partial charge in [-0.25, -0.2) is 0 Å². The monoisotopic (exact) mass is 205 g/mol. The summed E-state index contributed by atoms with van der Waals surface area (Å²) >= 11 is 0. The lowest BCUT2D eigenvalue weighted by Gasteiger charge is -2.12. The molecule has 2 rings (SSSR count). The van der Waals surface area contributed by atoms with Gasteiger partial charge < -0.3 is 10.5 Å². The summed E-state index contributed by atoms with van der Waals surface area (Å²) < 4.78 is 5.29. The first-order valence-electron chi connectivity index (χ1n) is 5.19. The highest BCUT2D eigenvalue weighted by Crippen LogP contribution is 2.23. The minimum atomic E-state index is -0.534. The fourth-order valence-corrected chi connectivity index (χ4v) is 1.87. The molecule has 3 heteroatoms. The fourth-order valence-electron chi connectivity index (χ4n) is 1.87. The van der Waals surface area contributed by atoms with Crippen molar-refractivity contribution in [1.29, 1.82) is 0 Å². The van der Waals surface area contributed by atoms with Crippen molar-refractivity contribution in [1.82, 2.24) is 0 Å². The van der Waals surface area contributed by atoms with Crippen LogP contribution in [-0.4, -0.2) is 18.1 Å². The van der Waals surface area contributed by atoms with E-state index < -0.39 is 6.04 Å². The standard InChI is InChI=1S/C12H15NO2/c1-8(13)12(14)15-11-6-9-4-2-3-5-10(9)7-11/h2-5,8,11H,6-7,13H2,1H3/t8-/m0/s1. The Bertz CT molecular complexity index is 349. The lowest BCUT2D eigenvalue weighted by atomic mass is 10.1. The van der Waals surface area contributed by atoms with Gasteiger partial charge in [0.05, 0.1) is 0 Å². The quantitative estimate of drug-likeness (QED) is 0.734. The van der Waals surface area contributed by atoms with Crippen molar-refractivity contribution in [3.63, 3.8) is 0 Å². The first-order valence-corrected chi connectivity index (χ1v) is 5.19. The van der Waals surface area contributed by atoms with E-state index in [1.807, 2.05) is 12.1 Å². The number of ether oxygens (including phenoxy) is 1. The highest BCUT2D eigenvalue weighted by Gasteiger charge is 2.25. The van der Waals surface area contributed by atoms with Gasteiger partial charge in [-0.3, -0.25) is 4.79 Å². The van der Waals surface area contributed by atoms with Crippen LogP contribution in [0.2, 0.25) is 0 Å². The zero-order chi connectivity index (χ0) is 10.8. The van der Waals surface area contributed by atoms with Crippen molar-refractivity contribution in [2.24, 2.45) is 5.73 Å². The molecule has 0 radical (unpaired) electrons. The van der Waals surface area contributed by atoms with Gasteiger partial charge in [-0.05, 0) is 18.1 Å². The number of rotatable bonds is 2. The van der Waals surface area contributed by atoms with E-state index in [4.69, 9.17) is 10.5 Å². The molecular formula is C12H15NO2. The lowest BCUT2D eigenvalue weighted by molar-refractivity contribution is -0.149. The SMILES string of the molecule is C[C@H](N)C(=O)OC1Cc2ccccc2C1. The van der Waals surface area contributed by atoms with Crippen LogP contribution in [0, 0.1) is 0 Å². The van der Waals surface area contributed by atoms with Gasteiger partial charge in [0.1, 0.15) is 12.1 Å². The summed E-state index contributed by atoms with van der Waals surface area (Å²) in [6.07, 6.45) is 1.60. The summed E-state index contributed by atoms with van der Waals surface area (Å²) in [7, 11) is 0. The normalized spacial score (nSPS) is 17.2. The summed E-state index contributed by atoms with van der Waals surface area (Å²) in [5.41, 5.74) is 8.00. The number of hydrogen-bond acceptors (Lipinski definition) is 3. The number of hydrogen-bond donors (Lipinski definition) is 1. The van der Waals surface area contributed by atoms with E-state index in [1.165, 1.54) is 11.1 Å². The molecule has 80 valence electrons. The van der Waals surface area contributed by atoms with Crippen molar-refractivity contribution >= 4 is 5.97 Å². The molecule has 1 aromatic rings. The van der Waals surface area contributed by atoms with Crippen molar-refractivity contribution in [3.8, 4) is 0 Å². The third-order valence-corrected chi connectivity index (χ3v) is 2.67. The van der Waals surface area contributed by atoms with E-state index >= 15 is 0 Å². The summed E-state index contributed by atoms with van der Waals surface area (Å²) in [5.74, 6) is -0.312. The van der Waals surface area contributed by atoms with Gasteiger partial charge in [0.2, 0.25) is 0 Å². The Morgan fingerprint density at radius 1 is 1.40 bits per heavy atom. The second-order valence-electron chi connectivity index (χ2n) is 4.02. The molecule has 1 aliphatic rings. The van der Waals surface area contributed by atoms with Gasteiger partial charge in [0.15, 0.2) is 0 Å². The van der Waals surface area contributed by atoms with Crippen molar-refractivity contribution in [3.05, 3.63) is 35.4 Å². The van der Waals surface area contributed by atoms with E-state index in [0.29, 0.717) is 0 Å². The van der Waals surface area contributed by atoms with Crippen molar-refractivity contribution in [2.75, 3.05) is 0 Å². The highest BCUT2D eigenvalue weighted by molar-refractivity contribution is 5.75. The molecule has 0 spiro atoms. The van der Waals surface area contributed by atoms with Gasteiger partial charge in [-0.1, -0.05) is 24.3 Å². The van der Waals surface area contributed by atoms with Crippen LogP contribution >= 0.6 is 0 Å². The Hall–Kier alpha value is -1.35. The van der Waals surface area contributed by atoms with Crippen LogP contribution in [0.25, 0.3) is 0 Å². The first kappa shape index (κ1) is 10.2. The molecule has 15 heavy (non-hydrogen) atoms. The molecule has 1 aliphatic carbocycles. The van der Waals surface area contributed by atoms with E-state index in [0.717, 1.165) is 12.8 Å². The summed E-state index contributed by atoms with van der Waals surface area (Å²) in [5, 5.41) is 0. The average molecular weight is 205 g/mol. The van der Waals surface area contributed by atoms with Gasteiger partial charge in [-0.15, -0.1) is 0 Å². The second kappa shape index (κ2) is 4.03. The Morgan fingerprint density at radius 3 is 2.40 bits per heavy atom.